The van der Waals surface area contributed by atoms with Crippen LogP contribution in [0.3, 0.4) is 0 Å². The zero-order valence-corrected chi connectivity index (χ0v) is 14.0. The zero-order chi connectivity index (χ0) is 17.4. The monoisotopic (exact) mass is 335 g/mol. The van der Waals surface area contributed by atoms with Gasteiger partial charge in [-0.05, 0) is 31.5 Å². The number of carbonyl (C=O) groups is 2. The number of hydrogen-bond donors (Lipinski definition) is 2. The molecule has 0 bridgehead atoms. The summed E-state index contributed by atoms with van der Waals surface area (Å²) in [6, 6.07) is 6.22. The highest BCUT2D eigenvalue weighted by Crippen LogP contribution is 2.14. The van der Waals surface area contributed by atoms with Crippen molar-refractivity contribution in [2.24, 2.45) is 0 Å². The Morgan fingerprint density at radius 1 is 1.21 bits per heavy atom. The van der Waals surface area contributed by atoms with Crippen LogP contribution < -0.4 is 5.32 Å². The van der Waals surface area contributed by atoms with Crippen LogP contribution in [-0.2, 0) is 4.74 Å². The van der Waals surface area contributed by atoms with Crippen LogP contribution in [0.5, 0.6) is 5.75 Å². The third-order valence-corrected chi connectivity index (χ3v) is 3.89. The predicted octanol–water partition coefficient (Wildman–Crippen LogP) is 1.29. The molecule has 0 atom stereocenters. The molecule has 1 aromatic rings. The Balaban J connectivity index is 1.74. The lowest BCUT2D eigenvalue weighted by Gasteiger charge is -2.34. The molecule has 1 aliphatic heterocycles. The van der Waals surface area contributed by atoms with Gasteiger partial charge in [0.05, 0.1) is 0 Å². The Morgan fingerprint density at radius 3 is 2.58 bits per heavy atom. The van der Waals surface area contributed by atoms with Crippen LogP contribution in [0, 0.1) is 0 Å². The molecule has 1 fully saturated rings. The summed E-state index contributed by atoms with van der Waals surface area (Å²) in [5.41, 5.74) is 0.462. The summed E-state index contributed by atoms with van der Waals surface area (Å²) in [4.78, 5) is 27.9. The van der Waals surface area contributed by atoms with E-state index in [1.165, 1.54) is 12.1 Å². The SMILES string of the molecule is CCOCCCNC(=O)N1CCN(C(=O)c2cccc(O)c2)CC1. The molecule has 7 nitrogen and oxygen atoms in total. The van der Waals surface area contributed by atoms with Gasteiger partial charge in [0.15, 0.2) is 0 Å². The van der Waals surface area contributed by atoms with Crippen molar-refractivity contribution in [1.82, 2.24) is 15.1 Å². The summed E-state index contributed by atoms with van der Waals surface area (Å²) in [6.45, 7) is 5.83. The average Bonchev–Trinajstić information content (AvgIpc) is 2.61. The smallest absolute Gasteiger partial charge is 0.317 e. The van der Waals surface area contributed by atoms with Crippen LogP contribution in [0.4, 0.5) is 4.79 Å². The standard InChI is InChI=1S/C17H25N3O4/c1-2-24-12-4-7-18-17(23)20-10-8-19(9-11-20)16(22)14-5-3-6-15(21)13-14/h3,5-6,13,21H,2,4,7-12H2,1H3,(H,18,23). The first-order valence-corrected chi connectivity index (χ1v) is 8.30. The number of phenolic OH excluding ortho intramolecular Hbond substituents is 1. The third kappa shape index (κ3) is 5.13. The van der Waals surface area contributed by atoms with Gasteiger partial charge in [0.1, 0.15) is 5.75 Å². The molecule has 132 valence electrons. The van der Waals surface area contributed by atoms with E-state index in [0.29, 0.717) is 51.5 Å². The maximum Gasteiger partial charge on any atom is 0.317 e. The number of phenols is 1. The van der Waals surface area contributed by atoms with Crippen LogP contribution in [0.2, 0.25) is 0 Å². The number of nitrogens with one attached hydrogen (secondary N) is 1. The zero-order valence-electron chi connectivity index (χ0n) is 14.0. The normalized spacial score (nSPS) is 14.5. The van der Waals surface area contributed by atoms with Gasteiger partial charge in [-0.15, -0.1) is 0 Å². The molecular weight excluding hydrogens is 310 g/mol. The molecule has 0 unspecified atom stereocenters. The third-order valence-electron chi connectivity index (χ3n) is 3.89. The predicted molar refractivity (Wildman–Crippen MR) is 90.1 cm³/mol. The lowest BCUT2D eigenvalue weighted by Crippen LogP contribution is -2.53. The van der Waals surface area contributed by atoms with Crippen LogP contribution >= 0.6 is 0 Å². The van der Waals surface area contributed by atoms with E-state index in [-0.39, 0.29) is 17.7 Å². The number of carbonyl (C=O) groups excluding carboxylic acids is 2. The second-order valence-electron chi connectivity index (χ2n) is 5.61. The number of hydrogen-bond acceptors (Lipinski definition) is 4. The van der Waals surface area contributed by atoms with Gasteiger partial charge in [-0.25, -0.2) is 4.79 Å². The number of benzene rings is 1. The van der Waals surface area contributed by atoms with Crippen molar-refractivity contribution < 1.29 is 19.4 Å². The van der Waals surface area contributed by atoms with E-state index in [1.807, 2.05) is 6.92 Å². The number of piperazine rings is 1. The Labute approximate surface area is 142 Å². The van der Waals surface area contributed by atoms with E-state index in [4.69, 9.17) is 4.74 Å². The molecule has 1 heterocycles. The van der Waals surface area contributed by atoms with Gasteiger partial charge in [-0.3, -0.25) is 4.79 Å². The average molecular weight is 335 g/mol. The van der Waals surface area contributed by atoms with Gasteiger partial charge in [-0.1, -0.05) is 6.07 Å². The van der Waals surface area contributed by atoms with Gasteiger partial charge in [0.25, 0.3) is 5.91 Å². The molecule has 1 saturated heterocycles. The largest absolute Gasteiger partial charge is 0.508 e. The fourth-order valence-corrected chi connectivity index (χ4v) is 2.56. The van der Waals surface area contributed by atoms with Crippen molar-refractivity contribution in [3.8, 4) is 5.75 Å². The molecule has 0 aromatic heterocycles. The van der Waals surface area contributed by atoms with Crippen LogP contribution in [0.1, 0.15) is 23.7 Å². The molecule has 0 spiro atoms. The molecule has 24 heavy (non-hydrogen) atoms. The first-order chi connectivity index (χ1) is 11.6. The van der Waals surface area contributed by atoms with Gasteiger partial charge in [0.2, 0.25) is 0 Å². The molecule has 1 aromatic carbocycles. The summed E-state index contributed by atoms with van der Waals surface area (Å²) >= 11 is 0. The molecule has 1 aliphatic rings. The molecule has 0 saturated carbocycles. The fraction of sp³-hybridized carbons (Fsp3) is 0.529. The van der Waals surface area contributed by atoms with E-state index in [9.17, 15) is 14.7 Å². The number of aromatic hydroxyl groups is 1. The lowest BCUT2D eigenvalue weighted by molar-refractivity contribution is 0.0664. The topological polar surface area (TPSA) is 82.1 Å². The minimum absolute atomic E-state index is 0.0749. The van der Waals surface area contributed by atoms with E-state index in [2.05, 4.69) is 5.32 Å². The summed E-state index contributed by atoms with van der Waals surface area (Å²) < 4.78 is 5.22. The summed E-state index contributed by atoms with van der Waals surface area (Å²) in [5.74, 6) is -0.0476. The highest BCUT2D eigenvalue weighted by atomic mass is 16.5. The van der Waals surface area contributed by atoms with Gasteiger partial charge in [-0.2, -0.15) is 0 Å². The maximum absolute atomic E-state index is 12.4. The van der Waals surface area contributed by atoms with E-state index in [1.54, 1.807) is 21.9 Å². The number of rotatable bonds is 6. The molecule has 0 radical (unpaired) electrons. The second kappa shape index (κ2) is 9.12. The highest BCUT2D eigenvalue weighted by Gasteiger charge is 2.24. The number of nitrogens with zero attached hydrogens (tertiary/aromatic N) is 2. The van der Waals surface area contributed by atoms with Gasteiger partial charge in [0, 0.05) is 51.5 Å². The van der Waals surface area contributed by atoms with Crippen LogP contribution in [0.25, 0.3) is 0 Å². The van der Waals surface area contributed by atoms with Gasteiger partial charge < -0.3 is 25.0 Å². The minimum Gasteiger partial charge on any atom is -0.508 e. The van der Waals surface area contributed by atoms with Crippen molar-refractivity contribution in [1.29, 1.82) is 0 Å². The fourth-order valence-electron chi connectivity index (χ4n) is 2.56. The van der Waals surface area contributed by atoms with Crippen molar-refractivity contribution >= 4 is 11.9 Å². The molecule has 3 amide bonds. The molecule has 0 aliphatic carbocycles. The highest BCUT2D eigenvalue weighted by molar-refractivity contribution is 5.94. The number of amides is 3. The number of urea groups is 1. The van der Waals surface area contributed by atoms with Crippen LogP contribution in [-0.4, -0.2) is 72.8 Å². The summed E-state index contributed by atoms with van der Waals surface area (Å²) in [5, 5.41) is 12.3. The number of ether oxygens (including phenoxy) is 1. The van der Waals surface area contributed by atoms with Crippen LogP contribution in [0.15, 0.2) is 24.3 Å². The van der Waals surface area contributed by atoms with Crippen molar-refractivity contribution in [3.05, 3.63) is 29.8 Å². The van der Waals surface area contributed by atoms with Crippen molar-refractivity contribution in [2.45, 2.75) is 13.3 Å². The summed E-state index contributed by atoms with van der Waals surface area (Å²) in [7, 11) is 0. The first kappa shape index (κ1) is 18.1. The Hall–Kier alpha value is -2.28. The van der Waals surface area contributed by atoms with Gasteiger partial charge >= 0.3 is 6.03 Å². The molecule has 7 heteroatoms. The second-order valence-corrected chi connectivity index (χ2v) is 5.61. The quantitative estimate of drug-likeness (QED) is 0.768. The minimum atomic E-state index is -0.123. The molecule has 2 rings (SSSR count). The summed E-state index contributed by atoms with van der Waals surface area (Å²) in [6.07, 6.45) is 0.787. The Kier molecular flexibility index (Phi) is 6.87. The molecular formula is C17H25N3O4. The maximum atomic E-state index is 12.4. The van der Waals surface area contributed by atoms with E-state index < -0.39 is 0 Å². The van der Waals surface area contributed by atoms with Crippen molar-refractivity contribution in [2.75, 3.05) is 45.9 Å². The van der Waals surface area contributed by atoms with Crippen molar-refractivity contribution in [3.63, 3.8) is 0 Å². The first-order valence-electron chi connectivity index (χ1n) is 8.30. The molecule has 2 N–H and O–H groups in total. The Morgan fingerprint density at radius 2 is 1.92 bits per heavy atom. The Bertz CT molecular complexity index is 557. The lowest BCUT2D eigenvalue weighted by atomic mass is 10.1. The van der Waals surface area contributed by atoms with E-state index in [0.717, 1.165) is 6.42 Å². The van der Waals surface area contributed by atoms with E-state index >= 15 is 0 Å².